The number of carbonyl (C=O) groups excluding carboxylic acids is 2. The molecule has 0 bridgehead atoms. The van der Waals surface area contributed by atoms with E-state index in [1.807, 2.05) is 12.3 Å². The average Bonchev–Trinajstić information content (AvgIpc) is 3.31. The van der Waals surface area contributed by atoms with Crippen LogP contribution in [0.1, 0.15) is 60.6 Å². The van der Waals surface area contributed by atoms with Crippen molar-refractivity contribution >= 4 is 38.9 Å². The smallest absolute Gasteiger partial charge is 0.263 e. The van der Waals surface area contributed by atoms with Crippen molar-refractivity contribution in [3.05, 3.63) is 81.2 Å². The minimum atomic E-state index is -0.725. The number of anilines is 1. The maximum Gasteiger partial charge on any atom is 0.263 e. The lowest BCUT2D eigenvalue weighted by molar-refractivity contribution is -0.119. The summed E-state index contributed by atoms with van der Waals surface area (Å²) in [7, 11) is 0. The van der Waals surface area contributed by atoms with Crippen LogP contribution in [0.3, 0.4) is 0 Å². The lowest BCUT2D eigenvalue weighted by Crippen LogP contribution is -2.33. The van der Waals surface area contributed by atoms with Crippen LogP contribution in [0.25, 0.3) is 21.3 Å². The molecule has 0 fully saturated rings. The summed E-state index contributed by atoms with van der Waals surface area (Å²) in [6.45, 7) is 3.35. The molecule has 7 heteroatoms. The molecule has 0 saturated heterocycles. The molecule has 2 aromatic heterocycles. The highest BCUT2D eigenvalue weighted by Gasteiger charge is 2.23. The van der Waals surface area contributed by atoms with Gasteiger partial charge in [-0.05, 0) is 67.9 Å². The summed E-state index contributed by atoms with van der Waals surface area (Å²) in [5.41, 5.74) is 5.46. The fourth-order valence-electron chi connectivity index (χ4n) is 4.83. The Kier molecular flexibility index (Phi) is 6.34. The Labute approximate surface area is 207 Å². The van der Waals surface area contributed by atoms with Gasteiger partial charge in [-0.25, -0.2) is 4.98 Å². The third-order valence-electron chi connectivity index (χ3n) is 6.74. The Hall–Kier alpha value is -3.58. The number of nitrogens with zero attached hydrogens (tertiary/aromatic N) is 2. The normalized spacial score (nSPS) is 13.9. The van der Waals surface area contributed by atoms with E-state index in [9.17, 15) is 14.4 Å². The van der Waals surface area contributed by atoms with Gasteiger partial charge in [-0.3, -0.25) is 19.0 Å². The number of rotatable bonds is 6. The van der Waals surface area contributed by atoms with E-state index >= 15 is 0 Å². The zero-order valence-electron chi connectivity index (χ0n) is 19.8. The molecular weight excluding hydrogens is 458 g/mol. The number of aryl methyl sites for hydroxylation is 2. The van der Waals surface area contributed by atoms with Gasteiger partial charge in [-0.2, -0.15) is 0 Å². The summed E-state index contributed by atoms with van der Waals surface area (Å²) in [4.78, 5) is 43.8. The van der Waals surface area contributed by atoms with Gasteiger partial charge in [-0.1, -0.05) is 37.3 Å². The molecule has 1 amide bonds. The fraction of sp³-hybridized carbons (Fsp3) is 0.286. The van der Waals surface area contributed by atoms with Gasteiger partial charge in [0.05, 0.1) is 11.7 Å². The van der Waals surface area contributed by atoms with Gasteiger partial charge >= 0.3 is 0 Å². The molecule has 178 valence electrons. The highest BCUT2D eigenvalue weighted by molar-refractivity contribution is 7.17. The zero-order valence-corrected chi connectivity index (χ0v) is 20.7. The number of nitrogens with one attached hydrogen (secondary N) is 1. The number of amides is 1. The molecule has 0 saturated carbocycles. The van der Waals surface area contributed by atoms with Crippen molar-refractivity contribution in [2.75, 3.05) is 5.32 Å². The van der Waals surface area contributed by atoms with Crippen molar-refractivity contribution < 1.29 is 9.59 Å². The molecule has 1 aliphatic carbocycles. The zero-order chi connectivity index (χ0) is 24.5. The van der Waals surface area contributed by atoms with Crippen molar-refractivity contribution in [1.29, 1.82) is 0 Å². The molecule has 4 aromatic rings. The first-order valence-corrected chi connectivity index (χ1v) is 12.9. The number of benzene rings is 2. The Bertz CT molecular complexity index is 1500. The van der Waals surface area contributed by atoms with Crippen LogP contribution < -0.4 is 10.9 Å². The van der Waals surface area contributed by atoms with Gasteiger partial charge in [0, 0.05) is 22.2 Å². The molecule has 5 rings (SSSR count). The Morgan fingerprint density at radius 3 is 2.69 bits per heavy atom. The van der Waals surface area contributed by atoms with Gasteiger partial charge in [0.2, 0.25) is 5.91 Å². The average molecular weight is 486 g/mol. The van der Waals surface area contributed by atoms with Crippen LogP contribution in [0.4, 0.5) is 5.69 Å². The molecule has 2 aromatic carbocycles. The molecule has 2 heterocycles. The van der Waals surface area contributed by atoms with Gasteiger partial charge in [-0.15, -0.1) is 11.3 Å². The Morgan fingerprint density at radius 2 is 1.91 bits per heavy atom. The molecule has 0 spiro atoms. The maximum absolute atomic E-state index is 13.7. The first-order chi connectivity index (χ1) is 17.0. The second-order valence-corrected chi connectivity index (χ2v) is 9.89. The van der Waals surface area contributed by atoms with Gasteiger partial charge in [0.25, 0.3) is 5.56 Å². The molecule has 1 atom stereocenters. The predicted octanol–water partition coefficient (Wildman–Crippen LogP) is 5.80. The monoisotopic (exact) mass is 485 g/mol. The number of fused-ring (bicyclic) bond motifs is 2. The van der Waals surface area contributed by atoms with Crippen LogP contribution in [0, 0.1) is 0 Å². The number of hydrogen-bond acceptors (Lipinski definition) is 5. The van der Waals surface area contributed by atoms with Crippen LogP contribution in [0.2, 0.25) is 0 Å². The summed E-state index contributed by atoms with van der Waals surface area (Å²) < 4.78 is 1.43. The number of Topliss-reactive ketones (excluding diaryl/α,β-unsaturated/α-hetero) is 1. The van der Waals surface area contributed by atoms with Gasteiger partial charge < -0.3 is 5.32 Å². The molecule has 6 nitrogen and oxygen atoms in total. The Balaban J connectivity index is 1.51. The van der Waals surface area contributed by atoms with Crippen molar-refractivity contribution in [1.82, 2.24) is 9.55 Å². The molecule has 35 heavy (non-hydrogen) atoms. The predicted molar refractivity (Wildman–Crippen MR) is 140 cm³/mol. The van der Waals surface area contributed by atoms with E-state index in [0.29, 0.717) is 27.9 Å². The number of thiophene rings is 1. The lowest BCUT2D eigenvalue weighted by atomic mass is 9.89. The molecule has 0 radical (unpaired) electrons. The third-order valence-corrected chi connectivity index (χ3v) is 7.63. The first kappa shape index (κ1) is 23.2. The minimum Gasteiger partial charge on any atom is -0.324 e. The molecule has 0 aliphatic heterocycles. The molecule has 1 unspecified atom stereocenters. The SMILES string of the molecule is CCC(C(=O)Nc1cccc(C(C)=O)c1)n1cnc2scc(-c3ccc4c(c3)CCCC4)c2c1=O. The first-order valence-electron chi connectivity index (χ1n) is 12.0. The third kappa shape index (κ3) is 4.44. The van der Waals surface area contributed by atoms with Crippen LogP contribution in [0.5, 0.6) is 0 Å². The van der Waals surface area contributed by atoms with Crippen LogP contribution in [-0.4, -0.2) is 21.2 Å². The number of aromatic nitrogens is 2. The second kappa shape index (κ2) is 9.58. The quantitative estimate of drug-likeness (QED) is 0.350. The van der Waals surface area contributed by atoms with Crippen molar-refractivity contribution in [2.24, 2.45) is 0 Å². The number of carbonyl (C=O) groups is 2. The van der Waals surface area contributed by atoms with E-state index in [4.69, 9.17) is 0 Å². The largest absolute Gasteiger partial charge is 0.324 e. The maximum atomic E-state index is 13.7. The summed E-state index contributed by atoms with van der Waals surface area (Å²) in [5.74, 6) is -0.395. The van der Waals surface area contributed by atoms with Gasteiger partial charge in [0.15, 0.2) is 5.78 Å². The summed E-state index contributed by atoms with van der Waals surface area (Å²) >= 11 is 1.45. The van der Waals surface area contributed by atoms with Crippen molar-refractivity contribution in [3.8, 4) is 11.1 Å². The summed E-state index contributed by atoms with van der Waals surface area (Å²) in [6, 6.07) is 12.6. The lowest BCUT2D eigenvalue weighted by Gasteiger charge is -2.18. The summed E-state index contributed by atoms with van der Waals surface area (Å²) in [5, 5.41) is 5.40. The van der Waals surface area contributed by atoms with E-state index < -0.39 is 6.04 Å². The van der Waals surface area contributed by atoms with Crippen molar-refractivity contribution in [2.45, 2.75) is 52.0 Å². The van der Waals surface area contributed by atoms with Crippen LogP contribution in [0.15, 0.2) is 59.0 Å². The van der Waals surface area contributed by atoms with Crippen LogP contribution in [-0.2, 0) is 17.6 Å². The number of hydrogen-bond donors (Lipinski definition) is 1. The Morgan fingerprint density at radius 1 is 1.11 bits per heavy atom. The van der Waals surface area contributed by atoms with E-state index in [1.165, 1.54) is 53.1 Å². The van der Waals surface area contributed by atoms with E-state index in [-0.39, 0.29) is 17.2 Å². The number of ketones is 1. The van der Waals surface area contributed by atoms with E-state index in [2.05, 4.69) is 28.5 Å². The topological polar surface area (TPSA) is 81.1 Å². The highest BCUT2D eigenvalue weighted by Crippen LogP contribution is 2.34. The van der Waals surface area contributed by atoms with Crippen molar-refractivity contribution in [3.63, 3.8) is 0 Å². The van der Waals surface area contributed by atoms with E-state index in [0.717, 1.165) is 24.0 Å². The molecular formula is C28H27N3O3S. The van der Waals surface area contributed by atoms with Gasteiger partial charge in [0.1, 0.15) is 10.9 Å². The minimum absolute atomic E-state index is 0.0776. The highest BCUT2D eigenvalue weighted by atomic mass is 32.1. The second-order valence-electron chi connectivity index (χ2n) is 9.03. The molecule has 1 N–H and O–H groups in total. The van der Waals surface area contributed by atoms with E-state index in [1.54, 1.807) is 24.3 Å². The summed E-state index contributed by atoms with van der Waals surface area (Å²) in [6.07, 6.45) is 6.48. The van der Waals surface area contributed by atoms with Crippen LogP contribution >= 0.6 is 11.3 Å². The standard InChI is InChI=1S/C28H27N3O3S/c1-3-24(26(33)30-22-10-6-9-19(14-22)17(2)32)31-16-29-27-25(28(31)34)23(15-35-27)21-12-11-18-7-4-5-8-20(18)13-21/h6,9-16,24H,3-5,7-8H2,1-2H3,(H,30,33). The molecule has 1 aliphatic rings. The fourth-order valence-corrected chi connectivity index (χ4v) is 5.74.